The number of halogens is 2. The molecule has 126 valence electrons. The van der Waals surface area contributed by atoms with E-state index < -0.39 is 35.6 Å². The first-order valence-electron chi connectivity index (χ1n) is 7.21. The molecule has 0 fully saturated rings. The second kappa shape index (κ2) is 7.31. The fourth-order valence-corrected chi connectivity index (χ4v) is 2.94. The topological polar surface area (TPSA) is 56.3 Å². The predicted octanol–water partition coefficient (Wildman–Crippen LogP) is 4.01. The van der Waals surface area contributed by atoms with Crippen molar-refractivity contribution in [3.8, 4) is 0 Å². The molecule has 3 rings (SSSR count). The van der Waals surface area contributed by atoms with E-state index in [1.807, 2.05) is 24.3 Å². The molecular formula is C18H11F2NO3S. The molecular weight excluding hydrogens is 348 g/mol. The van der Waals surface area contributed by atoms with Gasteiger partial charge in [-0.3, -0.25) is 4.79 Å². The summed E-state index contributed by atoms with van der Waals surface area (Å²) in [7, 11) is 0. The lowest BCUT2D eigenvalue weighted by molar-refractivity contribution is -0.136. The lowest BCUT2D eigenvalue weighted by Crippen LogP contribution is -2.14. The van der Waals surface area contributed by atoms with E-state index in [0.717, 1.165) is 34.5 Å². The number of esters is 1. The number of thiazole rings is 1. The van der Waals surface area contributed by atoms with Gasteiger partial charge in [0.2, 0.25) is 5.78 Å². The predicted molar refractivity (Wildman–Crippen MR) is 90.3 cm³/mol. The molecule has 0 saturated carbocycles. The standard InChI is InChI=1S/C18H11F2NO3S/c19-11-5-6-13(20)12(9-11)15(22)10-24-18(23)8-7-17-21-14-3-1-2-4-16(14)25-17/h1-9H,10H2/b8-7+. The Morgan fingerprint density at radius 3 is 2.76 bits per heavy atom. The summed E-state index contributed by atoms with van der Waals surface area (Å²) < 4.78 is 32.3. The number of ketones is 1. The molecule has 1 aromatic heterocycles. The Morgan fingerprint density at radius 2 is 1.96 bits per heavy atom. The van der Waals surface area contributed by atoms with Crippen molar-refractivity contribution < 1.29 is 23.1 Å². The van der Waals surface area contributed by atoms with Crippen LogP contribution in [-0.4, -0.2) is 23.3 Å². The summed E-state index contributed by atoms with van der Waals surface area (Å²) in [6.07, 6.45) is 2.60. The summed E-state index contributed by atoms with van der Waals surface area (Å²) in [6, 6.07) is 10.0. The Balaban J connectivity index is 1.60. The Bertz CT molecular complexity index is 948. The fraction of sp³-hybridized carbons (Fsp3) is 0.0556. The minimum Gasteiger partial charge on any atom is -0.454 e. The Morgan fingerprint density at radius 1 is 1.16 bits per heavy atom. The molecule has 0 aliphatic heterocycles. The van der Waals surface area contributed by atoms with E-state index in [2.05, 4.69) is 4.98 Å². The monoisotopic (exact) mass is 359 g/mol. The number of carbonyl (C=O) groups excluding carboxylic acids is 2. The number of nitrogens with zero attached hydrogens (tertiary/aromatic N) is 1. The highest BCUT2D eigenvalue weighted by molar-refractivity contribution is 7.19. The van der Waals surface area contributed by atoms with Gasteiger partial charge in [0.15, 0.2) is 6.61 Å². The lowest BCUT2D eigenvalue weighted by atomic mass is 10.1. The zero-order valence-corrected chi connectivity index (χ0v) is 13.6. The van der Waals surface area contributed by atoms with Crippen molar-refractivity contribution in [2.75, 3.05) is 6.61 Å². The van der Waals surface area contributed by atoms with Gasteiger partial charge in [0.25, 0.3) is 0 Å². The van der Waals surface area contributed by atoms with Gasteiger partial charge < -0.3 is 4.74 Å². The van der Waals surface area contributed by atoms with Crippen molar-refractivity contribution in [3.63, 3.8) is 0 Å². The van der Waals surface area contributed by atoms with Gasteiger partial charge in [-0.2, -0.15) is 0 Å². The van der Waals surface area contributed by atoms with Crippen LogP contribution in [0.15, 0.2) is 48.5 Å². The van der Waals surface area contributed by atoms with Crippen LogP contribution in [0.4, 0.5) is 8.78 Å². The average molecular weight is 359 g/mol. The normalized spacial score (nSPS) is 11.1. The van der Waals surface area contributed by atoms with Gasteiger partial charge in [0.05, 0.1) is 15.8 Å². The molecule has 25 heavy (non-hydrogen) atoms. The van der Waals surface area contributed by atoms with Gasteiger partial charge >= 0.3 is 5.97 Å². The molecule has 2 aromatic carbocycles. The molecule has 7 heteroatoms. The number of ether oxygens (including phenoxy) is 1. The van der Waals surface area contributed by atoms with Crippen molar-refractivity contribution >= 4 is 39.4 Å². The first-order valence-corrected chi connectivity index (χ1v) is 8.03. The summed E-state index contributed by atoms with van der Waals surface area (Å²) in [5, 5.41) is 0.612. The number of benzene rings is 2. The zero-order valence-electron chi connectivity index (χ0n) is 12.7. The third kappa shape index (κ3) is 4.13. The number of fused-ring (bicyclic) bond motifs is 1. The van der Waals surface area contributed by atoms with Crippen LogP contribution in [0.25, 0.3) is 16.3 Å². The smallest absolute Gasteiger partial charge is 0.331 e. The Hall–Kier alpha value is -2.93. The van der Waals surface area contributed by atoms with Crippen LogP contribution >= 0.6 is 11.3 Å². The highest BCUT2D eigenvalue weighted by Gasteiger charge is 2.14. The summed E-state index contributed by atoms with van der Waals surface area (Å²) in [6.45, 7) is -0.677. The first-order chi connectivity index (χ1) is 12.0. The molecule has 0 N–H and O–H groups in total. The second-order valence-electron chi connectivity index (χ2n) is 5.01. The second-order valence-corrected chi connectivity index (χ2v) is 6.07. The van der Waals surface area contributed by atoms with Gasteiger partial charge in [0, 0.05) is 6.08 Å². The van der Waals surface area contributed by atoms with Crippen molar-refractivity contribution in [1.82, 2.24) is 4.98 Å². The van der Waals surface area contributed by atoms with Crippen LogP contribution in [0.1, 0.15) is 15.4 Å². The maximum Gasteiger partial charge on any atom is 0.331 e. The molecule has 0 amide bonds. The summed E-state index contributed by atoms with van der Waals surface area (Å²) >= 11 is 1.40. The maximum absolute atomic E-state index is 13.5. The molecule has 4 nitrogen and oxygen atoms in total. The van der Waals surface area contributed by atoms with Crippen LogP contribution in [0.3, 0.4) is 0 Å². The van der Waals surface area contributed by atoms with Crippen LogP contribution in [0.2, 0.25) is 0 Å². The number of carbonyl (C=O) groups is 2. The van der Waals surface area contributed by atoms with E-state index >= 15 is 0 Å². The van der Waals surface area contributed by atoms with E-state index in [0.29, 0.717) is 5.01 Å². The van der Waals surface area contributed by atoms with Crippen LogP contribution in [-0.2, 0) is 9.53 Å². The van der Waals surface area contributed by atoms with Crippen LogP contribution < -0.4 is 0 Å². The summed E-state index contributed by atoms with van der Waals surface area (Å²) in [4.78, 5) is 27.8. The first kappa shape index (κ1) is 16.9. The number of aromatic nitrogens is 1. The highest BCUT2D eigenvalue weighted by Crippen LogP contribution is 2.22. The molecule has 0 saturated heterocycles. The molecule has 0 radical (unpaired) electrons. The molecule has 0 atom stereocenters. The van der Waals surface area contributed by atoms with E-state index in [9.17, 15) is 18.4 Å². The van der Waals surface area contributed by atoms with Crippen LogP contribution in [0.5, 0.6) is 0 Å². The van der Waals surface area contributed by atoms with Crippen LogP contribution in [0, 0.1) is 11.6 Å². The SMILES string of the molecule is O=C(/C=C/c1nc2ccccc2s1)OCC(=O)c1cc(F)ccc1F. The average Bonchev–Trinajstić information content (AvgIpc) is 3.03. The number of rotatable bonds is 5. The Kier molecular flexibility index (Phi) is 4.95. The van der Waals surface area contributed by atoms with Gasteiger partial charge in [0.1, 0.15) is 16.6 Å². The molecule has 0 unspecified atom stereocenters. The van der Waals surface area contributed by atoms with E-state index in [-0.39, 0.29) is 0 Å². The quantitative estimate of drug-likeness (QED) is 0.392. The molecule has 0 spiro atoms. The largest absolute Gasteiger partial charge is 0.454 e. The minimum absolute atomic E-state index is 0.456. The molecule has 1 heterocycles. The summed E-state index contributed by atoms with van der Waals surface area (Å²) in [5.41, 5.74) is 0.361. The Labute approximate surface area is 145 Å². The molecule has 3 aromatic rings. The number of para-hydroxylation sites is 1. The third-order valence-electron chi connectivity index (χ3n) is 3.25. The molecule has 0 bridgehead atoms. The van der Waals surface area contributed by atoms with E-state index in [1.165, 1.54) is 17.4 Å². The van der Waals surface area contributed by atoms with Gasteiger partial charge in [-0.15, -0.1) is 11.3 Å². The van der Waals surface area contributed by atoms with Gasteiger partial charge in [-0.25, -0.2) is 18.6 Å². The van der Waals surface area contributed by atoms with E-state index in [1.54, 1.807) is 0 Å². The maximum atomic E-state index is 13.5. The number of Topliss-reactive ketones (excluding diaryl/α,β-unsaturated/α-hetero) is 1. The molecule has 0 aliphatic rings. The highest BCUT2D eigenvalue weighted by atomic mass is 32.1. The van der Waals surface area contributed by atoms with Crippen molar-refractivity contribution in [2.24, 2.45) is 0 Å². The third-order valence-corrected chi connectivity index (χ3v) is 4.25. The fourth-order valence-electron chi connectivity index (χ4n) is 2.07. The van der Waals surface area contributed by atoms with Crippen molar-refractivity contribution in [1.29, 1.82) is 0 Å². The van der Waals surface area contributed by atoms with Crippen molar-refractivity contribution in [2.45, 2.75) is 0 Å². The minimum atomic E-state index is -0.868. The van der Waals surface area contributed by atoms with E-state index in [4.69, 9.17) is 4.74 Å². The van der Waals surface area contributed by atoms with Gasteiger partial charge in [-0.1, -0.05) is 12.1 Å². The lowest BCUT2D eigenvalue weighted by Gasteiger charge is -2.03. The van der Waals surface area contributed by atoms with Crippen molar-refractivity contribution in [3.05, 3.63) is 70.7 Å². The number of hydrogen-bond donors (Lipinski definition) is 0. The van der Waals surface area contributed by atoms with Gasteiger partial charge in [-0.05, 0) is 36.4 Å². The number of hydrogen-bond acceptors (Lipinski definition) is 5. The summed E-state index contributed by atoms with van der Waals surface area (Å²) in [5.74, 6) is -3.21. The zero-order chi connectivity index (χ0) is 17.8. The molecule has 0 aliphatic carbocycles.